The molecule has 0 aliphatic carbocycles. The second kappa shape index (κ2) is 8.41. The molecule has 0 saturated carbocycles. The fourth-order valence-corrected chi connectivity index (χ4v) is 3.20. The molecule has 0 heterocycles. The molecule has 2 rings (SSSR count). The number of nitrogens with zero attached hydrogens (tertiary/aromatic N) is 2. The zero-order valence-electron chi connectivity index (χ0n) is 14.1. The van der Waals surface area contributed by atoms with Gasteiger partial charge in [0.25, 0.3) is 5.91 Å². The first kappa shape index (κ1) is 20.1. The largest absolute Gasteiger partial charge is 0.271 e. The minimum atomic E-state index is -3.65. The van der Waals surface area contributed by atoms with Crippen LogP contribution in [0, 0.1) is 5.82 Å². The normalized spacial score (nSPS) is 11.9. The number of hydrazone groups is 1. The quantitative estimate of drug-likeness (QED) is 0.552. The molecule has 0 saturated heterocycles. The highest BCUT2D eigenvalue weighted by Crippen LogP contribution is 2.20. The van der Waals surface area contributed by atoms with Crippen LogP contribution in [0.2, 0.25) is 0 Å². The summed E-state index contributed by atoms with van der Waals surface area (Å²) in [7, 11) is -3.65. The molecule has 138 valence electrons. The molecule has 1 amide bonds. The molecule has 0 fully saturated rings. The summed E-state index contributed by atoms with van der Waals surface area (Å²) in [5.41, 5.74) is 3.79. The summed E-state index contributed by atoms with van der Waals surface area (Å²) in [6, 6.07) is 12.2. The van der Waals surface area contributed by atoms with Crippen LogP contribution in [0.5, 0.6) is 0 Å². The number of rotatable bonds is 6. The fourth-order valence-electron chi connectivity index (χ4n) is 2.08. The Kier molecular flexibility index (Phi) is 6.49. The first-order valence-corrected chi connectivity index (χ1v) is 10.1. The number of halogens is 2. The molecule has 0 aliphatic heterocycles. The van der Waals surface area contributed by atoms with Gasteiger partial charge in [0.2, 0.25) is 10.0 Å². The lowest BCUT2D eigenvalue weighted by molar-refractivity contribution is -0.119. The summed E-state index contributed by atoms with van der Waals surface area (Å²) in [6.07, 6.45) is 1.02. The summed E-state index contributed by atoms with van der Waals surface area (Å²) in [4.78, 5) is 12.1. The Bertz CT molecular complexity index is 913. The van der Waals surface area contributed by atoms with Gasteiger partial charge < -0.3 is 0 Å². The topological polar surface area (TPSA) is 78.8 Å². The van der Waals surface area contributed by atoms with E-state index in [9.17, 15) is 17.6 Å². The van der Waals surface area contributed by atoms with Gasteiger partial charge in [0.1, 0.15) is 12.4 Å². The van der Waals surface area contributed by atoms with Crippen molar-refractivity contribution in [2.75, 3.05) is 17.1 Å². The molecular formula is C17H17BrFN3O3S. The second-order valence-electron chi connectivity index (χ2n) is 5.49. The highest BCUT2D eigenvalue weighted by Gasteiger charge is 2.20. The summed E-state index contributed by atoms with van der Waals surface area (Å²) in [5.74, 6) is -0.969. The van der Waals surface area contributed by atoms with Crippen LogP contribution in [0.25, 0.3) is 0 Å². The molecule has 2 aromatic carbocycles. The lowest BCUT2D eigenvalue weighted by atomic mass is 10.1. The van der Waals surface area contributed by atoms with E-state index in [1.807, 2.05) is 0 Å². The molecule has 2 aromatic rings. The van der Waals surface area contributed by atoms with E-state index in [-0.39, 0.29) is 5.82 Å². The van der Waals surface area contributed by atoms with Crippen molar-refractivity contribution >= 4 is 43.3 Å². The van der Waals surface area contributed by atoms with Crippen LogP contribution in [0.15, 0.2) is 58.1 Å². The van der Waals surface area contributed by atoms with Gasteiger partial charge >= 0.3 is 0 Å². The van der Waals surface area contributed by atoms with E-state index in [0.717, 1.165) is 15.0 Å². The monoisotopic (exact) mass is 441 g/mol. The van der Waals surface area contributed by atoms with Gasteiger partial charge in [-0.3, -0.25) is 9.10 Å². The highest BCUT2D eigenvalue weighted by molar-refractivity contribution is 9.10. The van der Waals surface area contributed by atoms with Crippen LogP contribution < -0.4 is 9.73 Å². The number of nitrogens with one attached hydrogen (secondary N) is 1. The van der Waals surface area contributed by atoms with Gasteiger partial charge in [0.15, 0.2) is 0 Å². The zero-order valence-corrected chi connectivity index (χ0v) is 16.5. The third-order valence-electron chi connectivity index (χ3n) is 3.41. The van der Waals surface area contributed by atoms with Gasteiger partial charge in [-0.15, -0.1) is 0 Å². The Morgan fingerprint density at radius 3 is 2.27 bits per heavy atom. The molecule has 1 N–H and O–H groups in total. The van der Waals surface area contributed by atoms with E-state index >= 15 is 0 Å². The number of carbonyl (C=O) groups excluding carboxylic acids is 1. The molecule has 0 aliphatic rings. The Morgan fingerprint density at radius 1 is 1.15 bits per heavy atom. The number of hydrogen-bond acceptors (Lipinski definition) is 4. The van der Waals surface area contributed by atoms with Crippen LogP contribution in [-0.2, 0) is 14.8 Å². The average molecular weight is 442 g/mol. The van der Waals surface area contributed by atoms with Crippen molar-refractivity contribution in [1.29, 1.82) is 0 Å². The van der Waals surface area contributed by atoms with E-state index in [4.69, 9.17) is 0 Å². The molecule has 6 nitrogen and oxygen atoms in total. The van der Waals surface area contributed by atoms with Crippen LogP contribution in [0.4, 0.5) is 10.1 Å². The summed E-state index contributed by atoms with van der Waals surface area (Å²) in [5, 5.41) is 3.93. The Morgan fingerprint density at radius 2 is 1.73 bits per heavy atom. The summed E-state index contributed by atoms with van der Waals surface area (Å²) in [6.45, 7) is 1.23. The Balaban J connectivity index is 2.11. The number of benzene rings is 2. The van der Waals surface area contributed by atoms with Crippen LogP contribution in [0.1, 0.15) is 12.5 Å². The van der Waals surface area contributed by atoms with E-state index < -0.39 is 22.5 Å². The molecular weight excluding hydrogens is 425 g/mol. The maximum absolute atomic E-state index is 12.9. The second-order valence-corrected chi connectivity index (χ2v) is 8.31. The highest BCUT2D eigenvalue weighted by atomic mass is 79.9. The number of carbonyl (C=O) groups is 1. The predicted octanol–water partition coefficient (Wildman–Crippen LogP) is 2.89. The lowest BCUT2D eigenvalue weighted by Crippen LogP contribution is -2.39. The van der Waals surface area contributed by atoms with Gasteiger partial charge in [-0.25, -0.2) is 18.2 Å². The minimum absolute atomic E-state index is 0.366. The van der Waals surface area contributed by atoms with Gasteiger partial charge in [-0.2, -0.15) is 5.10 Å². The third kappa shape index (κ3) is 5.63. The summed E-state index contributed by atoms with van der Waals surface area (Å²) >= 11 is 3.27. The smallest absolute Gasteiger partial charge is 0.260 e. The average Bonchev–Trinajstić information content (AvgIpc) is 2.58. The number of amides is 1. The van der Waals surface area contributed by atoms with E-state index in [1.165, 1.54) is 24.3 Å². The fraction of sp³-hybridized carbons (Fsp3) is 0.176. The molecule has 0 aromatic heterocycles. The molecule has 0 radical (unpaired) electrons. The van der Waals surface area contributed by atoms with Crippen molar-refractivity contribution in [3.63, 3.8) is 0 Å². The number of anilines is 1. The number of hydrogen-bond donors (Lipinski definition) is 1. The van der Waals surface area contributed by atoms with Crippen molar-refractivity contribution in [2.24, 2.45) is 5.10 Å². The minimum Gasteiger partial charge on any atom is -0.271 e. The van der Waals surface area contributed by atoms with Gasteiger partial charge in [0, 0.05) is 4.47 Å². The van der Waals surface area contributed by atoms with Crippen molar-refractivity contribution in [1.82, 2.24) is 5.43 Å². The maximum Gasteiger partial charge on any atom is 0.260 e. The zero-order chi connectivity index (χ0) is 19.3. The maximum atomic E-state index is 12.9. The predicted molar refractivity (Wildman–Crippen MR) is 103 cm³/mol. The first-order valence-electron chi connectivity index (χ1n) is 7.49. The van der Waals surface area contributed by atoms with E-state index in [0.29, 0.717) is 17.0 Å². The third-order valence-corrected chi connectivity index (χ3v) is 5.08. The van der Waals surface area contributed by atoms with E-state index in [1.54, 1.807) is 31.2 Å². The van der Waals surface area contributed by atoms with Crippen LogP contribution in [0.3, 0.4) is 0 Å². The molecule has 26 heavy (non-hydrogen) atoms. The van der Waals surface area contributed by atoms with Crippen LogP contribution in [-0.4, -0.2) is 32.8 Å². The van der Waals surface area contributed by atoms with E-state index in [2.05, 4.69) is 26.5 Å². The Labute approximate surface area is 159 Å². The van der Waals surface area contributed by atoms with Gasteiger partial charge in [-0.05, 0) is 48.9 Å². The first-order chi connectivity index (χ1) is 12.2. The molecule has 9 heteroatoms. The molecule has 0 spiro atoms. The molecule has 0 unspecified atom stereocenters. The van der Waals surface area contributed by atoms with Crippen molar-refractivity contribution < 1.29 is 17.6 Å². The van der Waals surface area contributed by atoms with Crippen molar-refractivity contribution in [3.05, 3.63) is 64.4 Å². The Hall–Kier alpha value is -2.26. The molecule has 0 atom stereocenters. The van der Waals surface area contributed by atoms with Gasteiger partial charge in [0.05, 0.1) is 17.7 Å². The van der Waals surface area contributed by atoms with Crippen molar-refractivity contribution in [3.8, 4) is 0 Å². The molecule has 0 bridgehead atoms. The standard InChI is InChI=1S/C17H17BrFN3O3S/c1-12(13-3-7-15(19)8-4-13)20-21-17(23)11-22(26(2,24)25)16-9-5-14(18)6-10-16/h3-10H,11H2,1-2H3,(H,21,23)/b20-12-. The number of sulfonamides is 1. The van der Waals surface area contributed by atoms with Crippen molar-refractivity contribution in [2.45, 2.75) is 6.92 Å². The van der Waals surface area contributed by atoms with Gasteiger partial charge in [-0.1, -0.05) is 28.1 Å². The SMILES string of the molecule is C/C(=N/NC(=O)CN(c1ccc(Br)cc1)S(C)(=O)=O)c1ccc(F)cc1. The summed E-state index contributed by atoms with van der Waals surface area (Å²) < 4.78 is 38.7. The van der Waals surface area contributed by atoms with Crippen LogP contribution >= 0.6 is 15.9 Å². The lowest BCUT2D eigenvalue weighted by Gasteiger charge is -2.21.